The van der Waals surface area contributed by atoms with E-state index in [0.29, 0.717) is 36.0 Å². The molecule has 2 saturated carbocycles. The van der Waals surface area contributed by atoms with Crippen molar-refractivity contribution in [3.05, 3.63) is 46.7 Å². The van der Waals surface area contributed by atoms with Gasteiger partial charge in [0.15, 0.2) is 5.78 Å². The third kappa shape index (κ3) is 4.54. The molecule has 1 aromatic carbocycles. The van der Waals surface area contributed by atoms with Crippen LogP contribution in [-0.2, 0) is 4.79 Å². The van der Waals surface area contributed by atoms with Crippen molar-refractivity contribution in [2.75, 3.05) is 6.54 Å². The predicted molar refractivity (Wildman–Crippen MR) is 123 cm³/mol. The summed E-state index contributed by atoms with van der Waals surface area (Å²) < 4.78 is 0. The average Bonchev–Trinajstić information content (AvgIpc) is 2.98. The van der Waals surface area contributed by atoms with E-state index in [1.54, 1.807) is 24.3 Å². The molecule has 0 unspecified atom stereocenters. The number of hydrogen-bond donors (Lipinski definition) is 1. The molecule has 4 rings (SSSR count). The van der Waals surface area contributed by atoms with Gasteiger partial charge in [-0.3, -0.25) is 24.3 Å². The van der Waals surface area contributed by atoms with Gasteiger partial charge >= 0.3 is 0 Å². The third-order valence-electron chi connectivity index (χ3n) is 6.73. The number of hydrogen-bond acceptors (Lipinski definition) is 5. The molecule has 0 bridgehead atoms. The van der Waals surface area contributed by atoms with Crippen LogP contribution in [0.1, 0.15) is 92.4 Å². The number of aliphatic hydroxyl groups excluding tert-OH is 1. The van der Waals surface area contributed by atoms with Gasteiger partial charge < -0.3 is 5.11 Å². The van der Waals surface area contributed by atoms with E-state index >= 15 is 0 Å². The Balaban J connectivity index is 1.48. The van der Waals surface area contributed by atoms with Gasteiger partial charge in [-0.05, 0) is 43.2 Å². The number of rotatable bonds is 5. The summed E-state index contributed by atoms with van der Waals surface area (Å²) in [5, 5.41) is 10.9. The summed E-state index contributed by atoms with van der Waals surface area (Å²) >= 11 is 0. The maximum atomic E-state index is 13.0. The van der Waals surface area contributed by atoms with Crippen LogP contribution in [0.3, 0.4) is 0 Å². The number of aliphatic imine (C=N–C) groups is 1. The summed E-state index contributed by atoms with van der Waals surface area (Å²) in [6.07, 6.45) is 7.30. The molecule has 170 valence electrons. The monoisotopic (exact) mass is 436 g/mol. The van der Waals surface area contributed by atoms with Crippen LogP contribution in [-0.4, -0.2) is 45.9 Å². The lowest BCUT2D eigenvalue weighted by Gasteiger charge is -2.32. The quantitative estimate of drug-likeness (QED) is 0.398. The van der Waals surface area contributed by atoms with E-state index in [-0.39, 0.29) is 47.8 Å². The lowest BCUT2D eigenvalue weighted by Crippen LogP contribution is -2.34. The van der Waals surface area contributed by atoms with E-state index in [4.69, 9.17) is 4.99 Å². The number of aliphatic hydroxyl groups is 1. The Morgan fingerprint density at radius 3 is 2.28 bits per heavy atom. The molecule has 2 aliphatic carbocycles. The van der Waals surface area contributed by atoms with Crippen LogP contribution in [0.25, 0.3) is 0 Å². The lowest BCUT2D eigenvalue weighted by atomic mass is 9.73. The van der Waals surface area contributed by atoms with Crippen molar-refractivity contribution in [1.29, 1.82) is 0 Å². The molecule has 2 fully saturated rings. The van der Waals surface area contributed by atoms with Crippen LogP contribution in [0, 0.1) is 5.41 Å². The van der Waals surface area contributed by atoms with Crippen molar-refractivity contribution in [1.82, 2.24) is 4.90 Å². The smallest absolute Gasteiger partial charge is 0.261 e. The minimum atomic E-state index is -0.298. The molecular weight excluding hydrogens is 404 g/mol. The highest BCUT2D eigenvalue weighted by Crippen LogP contribution is 2.37. The van der Waals surface area contributed by atoms with Gasteiger partial charge in [0.2, 0.25) is 0 Å². The highest BCUT2D eigenvalue weighted by atomic mass is 16.3. The number of nitrogens with zero attached hydrogens (tertiary/aromatic N) is 2. The standard InChI is InChI=1S/C26H32N2O4/c1-26(2)15-20(27-17-9-4-3-5-10-17)23(22(30)16-26)21(29)13-8-14-28-24(31)18-11-6-7-12-19(18)25(28)32/h6-7,11-12,17,29H,3-5,8-10,13-16H2,1-2H3. The maximum absolute atomic E-state index is 13.0. The van der Waals surface area contributed by atoms with Crippen LogP contribution >= 0.6 is 0 Å². The average molecular weight is 437 g/mol. The Morgan fingerprint density at radius 2 is 1.66 bits per heavy atom. The summed E-state index contributed by atoms with van der Waals surface area (Å²) in [5.74, 6) is -0.619. The Hall–Kier alpha value is -2.76. The first-order valence-corrected chi connectivity index (χ1v) is 11.7. The molecule has 1 aliphatic heterocycles. The molecule has 1 aromatic rings. The summed E-state index contributed by atoms with van der Waals surface area (Å²) in [4.78, 5) is 44.2. The molecule has 0 aromatic heterocycles. The number of carbonyl (C=O) groups excluding carboxylic acids is 3. The van der Waals surface area contributed by atoms with Gasteiger partial charge in [-0.15, -0.1) is 0 Å². The fourth-order valence-corrected chi connectivity index (χ4v) is 5.13. The first kappa shape index (κ1) is 22.4. The van der Waals surface area contributed by atoms with Crippen LogP contribution in [0.2, 0.25) is 0 Å². The molecule has 0 spiro atoms. The number of benzene rings is 1. The summed E-state index contributed by atoms with van der Waals surface area (Å²) in [7, 11) is 0. The summed E-state index contributed by atoms with van der Waals surface area (Å²) in [6.45, 7) is 4.34. The third-order valence-corrected chi connectivity index (χ3v) is 6.73. The van der Waals surface area contributed by atoms with Crippen molar-refractivity contribution >= 4 is 23.3 Å². The number of amides is 2. The minimum Gasteiger partial charge on any atom is -0.511 e. The Kier molecular flexibility index (Phi) is 6.31. The Labute approximate surface area is 189 Å². The van der Waals surface area contributed by atoms with E-state index in [1.165, 1.54) is 11.3 Å². The van der Waals surface area contributed by atoms with E-state index in [9.17, 15) is 19.5 Å². The first-order chi connectivity index (χ1) is 15.3. The molecule has 0 saturated heterocycles. The second kappa shape index (κ2) is 9.00. The van der Waals surface area contributed by atoms with Gasteiger partial charge in [0.05, 0.1) is 22.7 Å². The van der Waals surface area contributed by atoms with Crippen LogP contribution in [0.4, 0.5) is 0 Å². The van der Waals surface area contributed by atoms with Gasteiger partial charge in [-0.1, -0.05) is 45.2 Å². The van der Waals surface area contributed by atoms with E-state index in [2.05, 4.69) is 13.8 Å². The number of allylic oxidation sites excluding steroid dienone is 2. The molecule has 0 radical (unpaired) electrons. The zero-order valence-electron chi connectivity index (χ0n) is 19.0. The highest BCUT2D eigenvalue weighted by molar-refractivity contribution is 6.24. The summed E-state index contributed by atoms with van der Waals surface area (Å²) in [6, 6.07) is 7.03. The van der Waals surface area contributed by atoms with Gasteiger partial charge in [0, 0.05) is 25.1 Å². The second-order valence-electron chi connectivity index (χ2n) is 10.0. The molecule has 2 amide bonds. The van der Waals surface area contributed by atoms with E-state index < -0.39 is 0 Å². The maximum Gasteiger partial charge on any atom is 0.261 e. The first-order valence-electron chi connectivity index (χ1n) is 11.7. The van der Waals surface area contributed by atoms with Crippen molar-refractivity contribution in [2.24, 2.45) is 10.4 Å². The fourth-order valence-electron chi connectivity index (χ4n) is 5.13. The van der Waals surface area contributed by atoms with Crippen molar-refractivity contribution in [3.63, 3.8) is 0 Å². The second-order valence-corrected chi connectivity index (χ2v) is 10.0. The van der Waals surface area contributed by atoms with E-state index in [0.717, 1.165) is 31.4 Å². The number of fused-ring (bicyclic) bond motifs is 1. The normalized spacial score (nSPS) is 24.2. The molecule has 32 heavy (non-hydrogen) atoms. The molecular formula is C26H32N2O4. The van der Waals surface area contributed by atoms with Gasteiger partial charge in [-0.2, -0.15) is 0 Å². The molecule has 3 aliphatic rings. The Morgan fingerprint density at radius 1 is 1.03 bits per heavy atom. The van der Waals surface area contributed by atoms with Crippen molar-refractivity contribution in [3.8, 4) is 0 Å². The van der Waals surface area contributed by atoms with Gasteiger partial charge in [0.1, 0.15) is 5.76 Å². The molecule has 0 atom stereocenters. The fraction of sp³-hybridized carbons (Fsp3) is 0.538. The van der Waals surface area contributed by atoms with Crippen molar-refractivity contribution in [2.45, 2.75) is 77.7 Å². The number of carbonyl (C=O) groups is 3. The Bertz CT molecular complexity index is 964. The topological polar surface area (TPSA) is 87.0 Å². The predicted octanol–water partition coefficient (Wildman–Crippen LogP) is 5.04. The SMILES string of the molecule is CC1(C)CC(=O)C(=C(O)CCCN2C(=O)c3ccccc3C2=O)C(=NC2CCCCC2)C1. The van der Waals surface area contributed by atoms with Gasteiger partial charge in [-0.25, -0.2) is 0 Å². The highest BCUT2D eigenvalue weighted by Gasteiger charge is 2.37. The van der Waals surface area contributed by atoms with E-state index in [1.807, 2.05) is 0 Å². The number of ketones is 1. The van der Waals surface area contributed by atoms with Crippen LogP contribution in [0.5, 0.6) is 0 Å². The van der Waals surface area contributed by atoms with Crippen LogP contribution < -0.4 is 0 Å². The molecule has 6 heteroatoms. The summed E-state index contributed by atoms with van der Waals surface area (Å²) in [5.41, 5.74) is 1.78. The van der Waals surface area contributed by atoms with Crippen molar-refractivity contribution < 1.29 is 19.5 Å². The molecule has 6 nitrogen and oxygen atoms in total. The zero-order valence-corrected chi connectivity index (χ0v) is 19.0. The van der Waals surface area contributed by atoms with Gasteiger partial charge in [0.25, 0.3) is 11.8 Å². The largest absolute Gasteiger partial charge is 0.511 e. The number of Topliss-reactive ketones (excluding diaryl/α,β-unsaturated/α-hetero) is 1. The minimum absolute atomic E-state index is 0.0386. The number of imide groups is 1. The molecule has 1 heterocycles. The zero-order chi connectivity index (χ0) is 22.9. The lowest BCUT2D eigenvalue weighted by molar-refractivity contribution is -0.117. The van der Waals surface area contributed by atoms with Crippen LogP contribution in [0.15, 0.2) is 40.6 Å². The molecule has 1 N–H and O–H groups in total.